The molecular weight excluding hydrogens is 500 g/mol. The number of anilines is 1. The molecule has 0 radical (unpaired) electrons. The van der Waals surface area contributed by atoms with E-state index < -0.39 is 17.3 Å². The van der Waals surface area contributed by atoms with E-state index in [4.69, 9.17) is 0 Å². The SMILES string of the molecule is CCC(=O)Nc1cccc(C2CCN(CCCNC(=O)C(C)(c3ccc(F)nc3)c3ccc(F)nc3)CC2)c1. The third kappa shape index (κ3) is 7.03. The molecule has 3 aromatic rings. The van der Waals surface area contributed by atoms with E-state index in [1.807, 2.05) is 19.1 Å². The van der Waals surface area contributed by atoms with Gasteiger partial charge < -0.3 is 15.5 Å². The van der Waals surface area contributed by atoms with Crippen LogP contribution in [0.25, 0.3) is 0 Å². The first-order valence-electron chi connectivity index (χ1n) is 13.4. The first-order valence-corrected chi connectivity index (χ1v) is 13.4. The number of nitrogens with zero attached hydrogens (tertiary/aromatic N) is 3. The van der Waals surface area contributed by atoms with Crippen molar-refractivity contribution in [2.24, 2.45) is 0 Å². The quantitative estimate of drug-likeness (QED) is 0.288. The third-order valence-electron chi connectivity index (χ3n) is 7.55. The van der Waals surface area contributed by atoms with Crippen molar-refractivity contribution in [3.63, 3.8) is 0 Å². The summed E-state index contributed by atoms with van der Waals surface area (Å²) in [7, 11) is 0. The van der Waals surface area contributed by atoms with Crippen LogP contribution in [0, 0.1) is 11.9 Å². The van der Waals surface area contributed by atoms with Crippen molar-refractivity contribution in [3.05, 3.63) is 89.5 Å². The van der Waals surface area contributed by atoms with Gasteiger partial charge in [0.25, 0.3) is 0 Å². The van der Waals surface area contributed by atoms with Crippen molar-refractivity contribution in [2.75, 3.05) is 31.5 Å². The summed E-state index contributed by atoms with van der Waals surface area (Å²) >= 11 is 0. The van der Waals surface area contributed by atoms with Gasteiger partial charge in [-0.3, -0.25) is 9.59 Å². The molecule has 206 valence electrons. The van der Waals surface area contributed by atoms with Crippen molar-refractivity contribution < 1.29 is 18.4 Å². The minimum Gasteiger partial charge on any atom is -0.355 e. The molecule has 1 fully saturated rings. The number of pyridine rings is 2. The van der Waals surface area contributed by atoms with E-state index in [1.165, 1.54) is 42.2 Å². The van der Waals surface area contributed by atoms with E-state index in [9.17, 15) is 18.4 Å². The van der Waals surface area contributed by atoms with E-state index in [1.54, 1.807) is 6.92 Å². The zero-order chi connectivity index (χ0) is 27.8. The first-order chi connectivity index (χ1) is 18.8. The lowest BCUT2D eigenvalue weighted by molar-refractivity contribution is -0.125. The number of hydrogen-bond acceptors (Lipinski definition) is 5. The second-order valence-electron chi connectivity index (χ2n) is 10.1. The summed E-state index contributed by atoms with van der Waals surface area (Å²) in [6.07, 6.45) is 5.95. The molecule has 0 saturated carbocycles. The highest BCUT2D eigenvalue weighted by atomic mass is 19.1. The van der Waals surface area contributed by atoms with Gasteiger partial charge in [-0.25, -0.2) is 9.97 Å². The smallest absolute Gasteiger partial charge is 0.234 e. The number of aromatic nitrogens is 2. The molecule has 39 heavy (non-hydrogen) atoms. The Balaban J connectivity index is 1.29. The Morgan fingerprint density at radius 1 is 1.00 bits per heavy atom. The predicted octanol–water partition coefficient (Wildman–Crippen LogP) is 4.80. The summed E-state index contributed by atoms with van der Waals surface area (Å²) in [6.45, 7) is 6.79. The lowest BCUT2D eigenvalue weighted by Crippen LogP contribution is -2.44. The van der Waals surface area contributed by atoms with E-state index in [-0.39, 0.29) is 11.8 Å². The Labute approximate surface area is 228 Å². The lowest BCUT2D eigenvalue weighted by atomic mass is 9.76. The predicted molar refractivity (Wildman–Crippen MR) is 146 cm³/mol. The molecule has 1 aromatic carbocycles. The number of piperidine rings is 1. The van der Waals surface area contributed by atoms with Crippen molar-refractivity contribution in [3.8, 4) is 0 Å². The molecule has 2 N–H and O–H groups in total. The van der Waals surface area contributed by atoms with E-state index in [0.717, 1.165) is 44.6 Å². The Morgan fingerprint density at radius 3 is 2.21 bits per heavy atom. The molecule has 0 bridgehead atoms. The summed E-state index contributed by atoms with van der Waals surface area (Å²) in [4.78, 5) is 35.0. The topological polar surface area (TPSA) is 87.2 Å². The molecule has 3 heterocycles. The van der Waals surface area contributed by atoms with Gasteiger partial charge in [0.2, 0.25) is 23.7 Å². The first kappa shape index (κ1) is 28.3. The Bertz CT molecular complexity index is 1210. The van der Waals surface area contributed by atoms with Crippen LogP contribution in [0.1, 0.15) is 62.1 Å². The van der Waals surface area contributed by atoms with Crippen LogP contribution < -0.4 is 10.6 Å². The molecule has 9 heteroatoms. The van der Waals surface area contributed by atoms with Gasteiger partial charge in [-0.1, -0.05) is 31.2 Å². The number of hydrogen-bond donors (Lipinski definition) is 2. The zero-order valence-electron chi connectivity index (χ0n) is 22.4. The van der Waals surface area contributed by atoms with Gasteiger partial charge in [-0.05, 0) is 92.7 Å². The summed E-state index contributed by atoms with van der Waals surface area (Å²) in [6, 6.07) is 13.6. The van der Waals surface area contributed by atoms with Crippen LogP contribution in [0.2, 0.25) is 0 Å². The standard InChI is InChI=1S/C30H35F2N5O2/c1-3-28(38)36-25-7-4-6-22(18-25)21-12-16-37(17-13-21)15-5-14-33-29(39)30(2,23-8-10-26(31)34-19-23)24-9-11-27(32)35-20-24/h4,6-11,18-21H,3,5,12-17H2,1-2H3,(H,33,39)(H,36,38). The van der Waals surface area contributed by atoms with Crippen LogP contribution in [0.3, 0.4) is 0 Å². The van der Waals surface area contributed by atoms with Gasteiger partial charge >= 0.3 is 0 Å². The van der Waals surface area contributed by atoms with Crippen molar-refractivity contribution in [2.45, 2.75) is 50.9 Å². The zero-order valence-corrected chi connectivity index (χ0v) is 22.4. The number of amides is 2. The van der Waals surface area contributed by atoms with Gasteiger partial charge in [-0.15, -0.1) is 0 Å². The molecular formula is C30H35F2N5O2. The number of halogens is 2. The fraction of sp³-hybridized carbons (Fsp3) is 0.400. The van der Waals surface area contributed by atoms with Crippen LogP contribution >= 0.6 is 0 Å². The Hall–Kier alpha value is -3.72. The fourth-order valence-electron chi connectivity index (χ4n) is 5.06. The van der Waals surface area contributed by atoms with Crippen LogP contribution in [0.15, 0.2) is 60.9 Å². The van der Waals surface area contributed by atoms with Crippen LogP contribution in [0.5, 0.6) is 0 Å². The average molecular weight is 536 g/mol. The van der Waals surface area contributed by atoms with E-state index >= 15 is 0 Å². The maximum absolute atomic E-state index is 13.5. The van der Waals surface area contributed by atoms with Crippen molar-refractivity contribution in [1.82, 2.24) is 20.2 Å². The fourth-order valence-corrected chi connectivity index (χ4v) is 5.06. The molecule has 0 aliphatic carbocycles. The van der Waals surface area contributed by atoms with Crippen LogP contribution in [0.4, 0.5) is 14.5 Å². The molecule has 2 aromatic heterocycles. The molecule has 1 aliphatic heterocycles. The molecule has 0 atom stereocenters. The van der Waals surface area contributed by atoms with Crippen LogP contribution in [-0.2, 0) is 15.0 Å². The normalized spacial score (nSPS) is 14.7. The second kappa shape index (κ2) is 12.9. The minimum absolute atomic E-state index is 0.0121. The van der Waals surface area contributed by atoms with Crippen molar-refractivity contribution in [1.29, 1.82) is 0 Å². The van der Waals surface area contributed by atoms with Gasteiger partial charge in [-0.2, -0.15) is 8.78 Å². The molecule has 0 unspecified atom stereocenters. The number of carbonyl (C=O) groups is 2. The maximum Gasteiger partial charge on any atom is 0.234 e. The highest BCUT2D eigenvalue weighted by Crippen LogP contribution is 2.32. The highest BCUT2D eigenvalue weighted by molar-refractivity contribution is 5.91. The summed E-state index contributed by atoms with van der Waals surface area (Å²) in [5.41, 5.74) is 1.88. The minimum atomic E-state index is -1.20. The van der Waals surface area contributed by atoms with E-state index in [2.05, 4.69) is 37.6 Å². The molecule has 7 nitrogen and oxygen atoms in total. The number of benzene rings is 1. The number of nitrogens with one attached hydrogen (secondary N) is 2. The Morgan fingerprint density at radius 2 is 1.64 bits per heavy atom. The maximum atomic E-state index is 13.5. The van der Waals surface area contributed by atoms with Gasteiger partial charge in [0, 0.05) is 31.0 Å². The molecule has 2 amide bonds. The van der Waals surface area contributed by atoms with E-state index in [0.29, 0.717) is 30.0 Å². The summed E-state index contributed by atoms with van der Waals surface area (Å²) < 4.78 is 26.9. The largest absolute Gasteiger partial charge is 0.355 e. The monoisotopic (exact) mass is 535 g/mol. The van der Waals surface area contributed by atoms with Gasteiger partial charge in [0.05, 0.1) is 5.41 Å². The molecule has 0 spiro atoms. The third-order valence-corrected chi connectivity index (χ3v) is 7.55. The number of rotatable bonds is 10. The molecule has 4 rings (SSSR count). The lowest BCUT2D eigenvalue weighted by Gasteiger charge is -2.32. The summed E-state index contributed by atoms with van der Waals surface area (Å²) in [5, 5.41) is 5.94. The summed E-state index contributed by atoms with van der Waals surface area (Å²) in [5.74, 6) is -1.10. The Kier molecular flexibility index (Phi) is 9.35. The highest BCUT2D eigenvalue weighted by Gasteiger charge is 2.38. The molecule has 1 aliphatic rings. The van der Waals surface area contributed by atoms with Crippen molar-refractivity contribution >= 4 is 17.5 Å². The second-order valence-corrected chi connectivity index (χ2v) is 10.1. The number of carbonyl (C=O) groups excluding carboxylic acids is 2. The molecule has 1 saturated heterocycles. The van der Waals surface area contributed by atoms with Crippen LogP contribution in [-0.4, -0.2) is 52.9 Å². The average Bonchev–Trinajstić information content (AvgIpc) is 2.96. The number of likely N-dealkylation sites (tertiary alicyclic amines) is 1. The van der Waals surface area contributed by atoms with Gasteiger partial charge in [0.15, 0.2) is 0 Å². The van der Waals surface area contributed by atoms with Gasteiger partial charge in [0.1, 0.15) is 0 Å².